The van der Waals surface area contributed by atoms with Crippen molar-refractivity contribution in [2.45, 2.75) is 32.1 Å². The Morgan fingerprint density at radius 3 is 2.59 bits per heavy atom. The van der Waals surface area contributed by atoms with Crippen molar-refractivity contribution in [2.24, 2.45) is 4.99 Å². The highest BCUT2D eigenvalue weighted by Crippen LogP contribution is 2.20. The van der Waals surface area contributed by atoms with Crippen LogP contribution in [-0.2, 0) is 11.3 Å². The Labute approximate surface area is 185 Å². The summed E-state index contributed by atoms with van der Waals surface area (Å²) in [6, 6.07) is 7.08. The van der Waals surface area contributed by atoms with Gasteiger partial charge < -0.3 is 15.4 Å². The predicted molar refractivity (Wildman–Crippen MR) is 117 cm³/mol. The van der Waals surface area contributed by atoms with Gasteiger partial charge in [-0.25, -0.2) is 9.79 Å². The van der Waals surface area contributed by atoms with Gasteiger partial charge in [0, 0.05) is 31.4 Å². The molecular weight excluding hydrogens is 502 g/mol. The highest BCUT2D eigenvalue weighted by Gasteiger charge is 2.34. The van der Waals surface area contributed by atoms with Crippen molar-refractivity contribution in [3.63, 3.8) is 0 Å². The van der Waals surface area contributed by atoms with E-state index >= 15 is 0 Å². The Morgan fingerprint density at radius 1 is 1.31 bits per heavy atom. The number of methoxy groups -OCH3 is 1. The summed E-state index contributed by atoms with van der Waals surface area (Å²) in [5.74, 6) is 0.568. The number of likely N-dealkylation sites (tertiary alicyclic amines) is 1. The Kier molecular flexibility index (Phi) is 10.5. The van der Waals surface area contributed by atoms with Crippen LogP contribution in [0.15, 0.2) is 29.3 Å². The van der Waals surface area contributed by atoms with Crippen molar-refractivity contribution in [3.05, 3.63) is 29.8 Å². The molecule has 164 valence electrons. The van der Waals surface area contributed by atoms with Gasteiger partial charge in [-0.3, -0.25) is 10.2 Å². The third kappa shape index (κ3) is 9.52. The first-order valence-corrected chi connectivity index (χ1v) is 9.07. The number of nitrogens with one attached hydrogen (secondary N) is 3. The second-order valence-electron chi connectivity index (χ2n) is 6.49. The molecule has 0 spiro atoms. The average Bonchev–Trinajstić information content (AvgIpc) is 3.06. The van der Waals surface area contributed by atoms with Crippen molar-refractivity contribution < 1.29 is 22.7 Å². The minimum atomic E-state index is -4.18. The predicted octanol–water partition coefficient (Wildman–Crippen LogP) is 3.17. The van der Waals surface area contributed by atoms with Crippen molar-refractivity contribution >= 4 is 41.7 Å². The molecule has 7 nitrogen and oxygen atoms in total. The number of rotatable bonds is 6. The maximum Gasteiger partial charge on any atom is 0.411 e. The molecule has 1 aliphatic rings. The molecule has 1 aromatic carbocycles. The van der Waals surface area contributed by atoms with E-state index in [4.69, 9.17) is 0 Å². The third-order valence-electron chi connectivity index (χ3n) is 4.17. The van der Waals surface area contributed by atoms with Crippen molar-refractivity contribution in [3.8, 4) is 0 Å². The number of ether oxygens (including phenoxy) is 1. The molecule has 1 fully saturated rings. The summed E-state index contributed by atoms with van der Waals surface area (Å²) in [7, 11) is 1.29. The SMILES string of the molecule is CCNC(=NCc1ccc(NC(=O)OC)cc1)NC1CCN(CC(F)(F)F)C1.I. The number of hydrogen-bond donors (Lipinski definition) is 3. The molecule has 2 rings (SSSR count). The molecule has 0 bridgehead atoms. The van der Waals surface area contributed by atoms with Crippen molar-refractivity contribution in [1.29, 1.82) is 0 Å². The first-order valence-electron chi connectivity index (χ1n) is 9.07. The molecule has 0 aromatic heterocycles. The third-order valence-corrected chi connectivity index (χ3v) is 4.17. The van der Waals surface area contributed by atoms with Gasteiger partial charge in [-0.05, 0) is 31.0 Å². The number of halogens is 4. The second kappa shape index (κ2) is 12.1. The van der Waals surface area contributed by atoms with Gasteiger partial charge in [0.15, 0.2) is 5.96 Å². The maximum absolute atomic E-state index is 12.5. The normalized spacial score (nSPS) is 17.4. The van der Waals surface area contributed by atoms with Crippen LogP contribution in [0.1, 0.15) is 18.9 Å². The monoisotopic (exact) mass is 529 g/mol. The van der Waals surface area contributed by atoms with Crippen LogP contribution in [0.3, 0.4) is 0 Å². The molecule has 0 aliphatic carbocycles. The van der Waals surface area contributed by atoms with Gasteiger partial charge in [-0.1, -0.05) is 12.1 Å². The average molecular weight is 529 g/mol. The van der Waals surface area contributed by atoms with Gasteiger partial charge in [-0.2, -0.15) is 13.2 Å². The van der Waals surface area contributed by atoms with Crippen LogP contribution in [0.2, 0.25) is 0 Å². The molecule has 1 unspecified atom stereocenters. The van der Waals surface area contributed by atoms with Crippen LogP contribution in [-0.4, -0.2) is 62.5 Å². The van der Waals surface area contributed by atoms with E-state index in [0.29, 0.717) is 44.2 Å². The van der Waals surface area contributed by atoms with Crippen LogP contribution < -0.4 is 16.0 Å². The number of carbonyl (C=O) groups is 1. The number of nitrogens with zero attached hydrogens (tertiary/aromatic N) is 2. The Balaban J connectivity index is 0.00000420. The molecule has 1 atom stereocenters. The molecule has 1 amide bonds. The lowest BCUT2D eigenvalue weighted by molar-refractivity contribution is -0.143. The van der Waals surface area contributed by atoms with Crippen molar-refractivity contribution in [1.82, 2.24) is 15.5 Å². The fourth-order valence-electron chi connectivity index (χ4n) is 2.89. The number of hydrogen-bond acceptors (Lipinski definition) is 4. The van der Waals surface area contributed by atoms with Crippen LogP contribution in [0.4, 0.5) is 23.7 Å². The quantitative estimate of drug-likeness (QED) is 0.300. The molecule has 0 radical (unpaired) electrons. The first-order chi connectivity index (χ1) is 13.3. The van der Waals surface area contributed by atoms with Gasteiger partial charge in [0.1, 0.15) is 0 Å². The van der Waals surface area contributed by atoms with E-state index in [1.54, 1.807) is 12.1 Å². The van der Waals surface area contributed by atoms with E-state index < -0.39 is 18.8 Å². The van der Waals surface area contributed by atoms with Crippen LogP contribution in [0.25, 0.3) is 0 Å². The fourth-order valence-corrected chi connectivity index (χ4v) is 2.89. The van der Waals surface area contributed by atoms with Gasteiger partial charge in [-0.15, -0.1) is 24.0 Å². The summed E-state index contributed by atoms with van der Waals surface area (Å²) in [6.45, 7) is 2.82. The summed E-state index contributed by atoms with van der Waals surface area (Å²) < 4.78 is 42.1. The van der Waals surface area contributed by atoms with Crippen LogP contribution >= 0.6 is 24.0 Å². The highest BCUT2D eigenvalue weighted by atomic mass is 127. The second-order valence-corrected chi connectivity index (χ2v) is 6.49. The Hall–Kier alpha value is -1.76. The lowest BCUT2D eigenvalue weighted by Crippen LogP contribution is -2.45. The zero-order valence-corrected chi connectivity index (χ0v) is 18.7. The Morgan fingerprint density at radius 2 is 2.00 bits per heavy atom. The Bertz CT molecular complexity index is 670. The number of benzene rings is 1. The number of amides is 1. The fraction of sp³-hybridized carbons (Fsp3) is 0.556. The summed E-state index contributed by atoms with van der Waals surface area (Å²) in [4.78, 5) is 17.1. The van der Waals surface area contributed by atoms with E-state index in [1.807, 2.05) is 19.1 Å². The van der Waals surface area contributed by atoms with Gasteiger partial charge in [0.05, 0.1) is 20.2 Å². The number of carbonyl (C=O) groups excluding carboxylic acids is 1. The van der Waals surface area contributed by atoms with Gasteiger partial charge in [0.25, 0.3) is 0 Å². The lowest BCUT2D eigenvalue weighted by atomic mass is 10.2. The number of alkyl halides is 3. The summed E-state index contributed by atoms with van der Waals surface area (Å²) in [6.07, 6.45) is -4.09. The van der Waals surface area contributed by atoms with E-state index in [0.717, 1.165) is 5.56 Å². The molecular formula is C18H27F3IN5O2. The summed E-state index contributed by atoms with van der Waals surface area (Å²) in [5.41, 5.74) is 1.54. The highest BCUT2D eigenvalue weighted by molar-refractivity contribution is 14.0. The van der Waals surface area contributed by atoms with Gasteiger partial charge >= 0.3 is 12.3 Å². The number of anilines is 1. The van der Waals surface area contributed by atoms with E-state index in [9.17, 15) is 18.0 Å². The van der Waals surface area contributed by atoms with Gasteiger partial charge in [0.2, 0.25) is 0 Å². The number of guanidine groups is 1. The largest absolute Gasteiger partial charge is 0.453 e. The lowest BCUT2D eigenvalue weighted by Gasteiger charge is -2.19. The minimum Gasteiger partial charge on any atom is -0.453 e. The smallest absolute Gasteiger partial charge is 0.411 e. The van der Waals surface area contributed by atoms with Crippen LogP contribution in [0, 0.1) is 0 Å². The molecule has 3 N–H and O–H groups in total. The zero-order chi connectivity index (χ0) is 20.6. The van der Waals surface area contributed by atoms with E-state index in [-0.39, 0.29) is 30.0 Å². The zero-order valence-electron chi connectivity index (χ0n) is 16.4. The summed E-state index contributed by atoms with van der Waals surface area (Å²) >= 11 is 0. The topological polar surface area (TPSA) is 78.0 Å². The van der Waals surface area contributed by atoms with Crippen molar-refractivity contribution in [2.75, 3.05) is 38.6 Å². The molecule has 11 heteroatoms. The van der Waals surface area contributed by atoms with Crippen LogP contribution in [0.5, 0.6) is 0 Å². The molecule has 1 heterocycles. The maximum atomic E-state index is 12.5. The minimum absolute atomic E-state index is 0. The molecule has 0 saturated carbocycles. The molecule has 1 aliphatic heterocycles. The summed E-state index contributed by atoms with van der Waals surface area (Å²) in [5, 5.41) is 8.88. The number of aliphatic imine (C=N–C) groups is 1. The first kappa shape index (κ1) is 25.3. The molecule has 1 saturated heterocycles. The van der Waals surface area contributed by atoms with E-state index in [1.165, 1.54) is 12.0 Å². The molecule has 1 aromatic rings. The van der Waals surface area contributed by atoms with E-state index in [2.05, 4.69) is 25.7 Å². The standard InChI is InChI=1S/C18H26F3N5O2.HI/c1-3-22-16(24-15-8-9-26(11-15)12-18(19,20)21)23-10-13-4-6-14(7-5-13)25-17(27)28-2;/h4-7,15H,3,8-12H2,1-2H3,(H,25,27)(H2,22,23,24);1H. The molecule has 29 heavy (non-hydrogen) atoms.